The van der Waals surface area contributed by atoms with Crippen molar-refractivity contribution in [3.05, 3.63) is 82.1 Å². The van der Waals surface area contributed by atoms with Gasteiger partial charge in [-0.15, -0.1) is 0 Å². The van der Waals surface area contributed by atoms with Gasteiger partial charge in [0.05, 0.1) is 0 Å². The molecule has 128 valence electrons. The molecule has 0 bridgehead atoms. The molecule has 4 nitrogen and oxygen atoms in total. The smallest absolute Gasteiger partial charge is 0.274 e. The van der Waals surface area contributed by atoms with Gasteiger partial charge in [0, 0.05) is 29.8 Å². The van der Waals surface area contributed by atoms with Crippen molar-refractivity contribution in [2.75, 3.05) is 7.05 Å². The Morgan fingerprint density at radius 1 is 1.16 bits per heavy atom. The summed E-state index contributed by atoms with van der Waals surface area (Å²) in [6.45, 7) is 0.0939. The van der Waals surface area contributed by atoms with Gasteiger partial charge in [0.2, 0.25) is 0 Å². The van der Waals surface area contributed by atoms with Crippen LogP contribution in [0.5, 0.6) is 0 Å². The average Bonchev–Trinajstić information content (AvgIpc) is 3.07. The zero-order valence-corrected chi connectivity index (χ0v) is 14.9. The van der Waals surface area contributed by atoms with Gasteiger partial charge in [-0.1, -0.05) is 28.1 Å². The molecule has 3 aromatic rings. The lowest BCUT2D eigenvalue weighted by Gasteiger charge is -2.16. The molecule has 0 aliphatic rings. The molecule has 0 saturated heterocycles. The summed E-state index contributed by atoms with van der Waals surface area (Å²) >= 11 is 3.28. The molecule has 3 rings (SSSR count). The minimum Gasteiger partial charge on any atom is -0.336 e. The third kappa shape index (κ3) is 3.76. The Kier molecular flexibility index (Phi) is 4.94. The Hall–Kier alpha value is -2.54. The Bertz CT molecular complexity index is 926. The largest absolute Gasteiger partial charge is 0.336 e. The minimum absolute atomic E-state index is 0.0939. The van der Waals surface area contributed by atoms with E-state index in [1.807, 2.05) is 0 Å². The van der Waals surface area contributed by atoms with E-state index >= 15 is 0 Å². The number of benzene rings is 2. The maximum atomic E-state index is 13.8. The Morgan fingerprint density at radius 3 is 2.68 bits per heavy atom. The summed E-state index contributed by atoms with van der Waals surface area (Å²) in [7, 11) is 1.56. The van der Waals surface area contributed by atoms with Crippen molar-refractivity contribution in [1.82, 2.24) is 14.7 Å². The molecular weight excluding hydrogens is 392 g/mol. The Morgan fingerprint density at radius 2 is 1.92 bits per heavy atom. The summed E-state index contributed by atoms with van der Waals surface area (Å²) in [5.41, 5.74) is 0.794. The van der Waals surface area contributed by atoms with Gasteiger partial charge in [-0.3, -0.25) is 4.79 Å². The maximum Gasteiger partial charge on any atom is 0.274 e. The fourth-order valence-corrected chi connectivity index (χ4v) is 2.81. The van der Waals surface area contributed by atoms with Crippen LogP contribution in [0.25, 0.3) is 5.69 Å². The Balaban J connectivity index is 1.79. The molecule has 1 amide bonds. The zero-order valence-electron chi connectivity index (χ0n) is 13.3. The second-order valence-corrected chi connectivity index (χ2v) is 6.41. The predicted octanol–water partition coefficient (Wildman–Crippen LogP) is 4.19. The maximum absolute atomic E-state index is 13.8. The molecule has 2 aromatic carbocycles. The molecule has 7 heteroatoms. The number of amides is 1. The van der Waals surface area contributed by atoms with Crippen LogP contribution in [0.15, 0.2) is 59.2 Å². The molecule has 0 fully saturated rings. The molecule has 0 spiro atoms. The first kappa shape index (κ1) is 17.3. The molecule has 0 N–H and O–H groups in total. The number of para-hydroxylation sites is 1. The van der Waals surface area contributed by atoms with Gasteiger partial charge < -0.3 is 4.90 Å². The van der Waals surface area contributed by atoms with Gasteiger partial charge in [-0.25, -0.2) is 13.5 Å². The van der Waals surface area contributed by atoms with Crippen molar-refractivity contribution in [2.45, 2.75) is 6.54 Å². The highest BCUT2D eigenvalue weighted by atomic mass is 79.9. The fourth-order valence-electron chi connectivity index (χ4n) is 2.40. The van der Waals surface area contributed by atoms with Gasteiger partial charge >= 0.3 is 0 Å². The highest BCUT2D eigenvalue weighted by molar-refractivity contribution is 9.10. The van der Waals surface area contributed by atoms with E-state index in [0.29, 0.717) is 5.56 Å². The lowest BCUT2D eigenvalue weighted by atomic mass is 10.2. The Labute approximate surface area is 151 Å². The number of carbonyl (C=O) groups excluding carboxylic acids is 1. The molecule has 1 heterocycles. The molecule has 1 aromatic heterocycles. The third-order valence-electron chi connectivity index (χ3n) is 3.67. The number of aromatic nitrogens is 2. The first-order chi connectivity index (χ1) is 12.0. The first-order valence-corrected chi connectivity index (χ1v) is 8.25. The van der Waals surface area contributed by atoms with Crippen LogP contribution in [0.4, 0.5) is 8.78 Å². The molecule has 25 heavy (non-hydrogen) atoms. The second kappa shape index (κ2) is 7.14. The van der Waals surface area contributed by atoms with Gasteiger partial charge in [-0.05, 0) is 36.4 Å². The minimum atomic E-state index is -0.436. The van der Waals surface area contributed by atoms with Gasteiger partial charge in [0.15, 0.2) is 5.69 Å². The van der Waals surface area contributed by atoms with E-state index in [4.69, 9.17) is 0 Å². The van der Waals surface area contributed by atoms with Gasteiger partial charge in [0.1, 0.15) is 17.3 Å². The molecule has 0 saturated carbocycles. The standard InChI is InChI=1S/C18H14BrF2N3O/c1-23(11-12-10-13(19)6-7-14(12)20)18(25)16-8-9-24(22-16)17-5-3-2-4-15(17)21/h2-10H,11H2,1H3. The second-order valence-electron chi connectivity index (χ2n) is 5.49. The van der Waals surface area contributed by atoms with Crippen LogP contribution >= 0.6 is 15.9 Å². The predicted molar refractivity (Wildman–Crippen MR) is 93.4 cm³/mol. The van der Waals surface area contributed by atoms with E-state index in [9.17, 15) is 13.6 Å². The monoisotopic (exact) mass is 405 g/mol. The van der Waals surface area contributed by atoms with E-state index in [-0.39, 0.29) is 29.7 Å². The summed E-state index contributed by atoms with van der Waals surface area (Å²) in [5.74, 6) is -1.21. The molecule has 0 aliphatic carbocycles. The van der Waals surface area contributed by atoms with Crippen LogP contribution in [-0.4, -0.2) is 27.6 Å². The van der Waals surface area contributed by atoms with Crippen molar-refractivity contribution in [2.24, 2.45) is 0 Å². The normalized spacial score (nSPS) is 10.7. The van der Waals surface area contributed by atoms with Crippen molar-refractivity contribution in [3.8, 4) is 5.69 Å². The summed E-state index contributed by atoms with van der Waals surface area (Å²) in [6, 6.07) is 12.2. The molecule has 0 atom stereocenters. The van der Waals surface area contributed by atoms with Crippen LogP contribution in [0, 0.1) is 11.6 Å². The van der Waals surface area contributed by atoms with Crippen LogP contribution in [0.2, 0.25) is 0 Å². The molecule has 0 radical (unpaired) electrons. The van der Waals surface area contributed by atoms with Crippen LogP contribution in [0.3, 0.4) is 0 Å². The van der Waals surface area contributed by atoms with Crippen molar-refractivity contribution in [3.63, 3.8) is 0 Å². The third-order valence-corrected chi connectivity index (χ3v) is 4.16. The summed E-state index contributed by atoms with van der Waals surface area (Å²) in [6.07, 6.45) is 1.51. The highest BCUT2D eigenvalue weighted by Gasteiger charge is 2.17. The number of carbonyl (C=O) groups is 1. The number of halogens is 3. The number of hydrogen-bond acceptors (Lipinski definition) is 2. The van der Waals surface area contributed by atoms with Crippen molar-refractivity contribution >= 4 is 21.8 Å². The summed E-state index contributed by atoms with van der Waals surface area (Å²) < 4.78 is 29.7. The van der Waals surface area contributed by atoms with Crippen molar-refractivity contribution < 1.29 is 13.6 Å². The van der Waals surface area contributed by atoms with Gasteiger partial charge in [-0.2, -0.15) is 5.10 Å². The SMILES string of the molecule is CN(Cc1cc(Br)ccc1F)C(=O)c1ccn(-c2ccccc2F)n1. The number of rotatable bonds is 4. The van der Waals surface area contributed by atoms with Gasteiger partial charge in [0.25, 0.3) is 5.91 Å². The van der Waals surface area contributed by atoms with E-state index < -0.39 is 5.82 Å². The molecular formula is C18H14BrF2N3O. The number of nitrogens with zero attached hydrogens (tertiary/aromatic N) is 3. The average molecular weight is 406 g/mol. The summed E-state index contributed by atoms with van der Waals surface area (Å²) in [4.78, 5) is 13.9. The fraction of sp³-hybridized carbons (Fsp3) is 0.111. The zero-order chi connectivity index (χ0) is 18.0. The first-order valence-electron chi connectivity index (χ1n) is 7.45. The lowest BCUT2D eigenvalue weighted by molar-refractivity contribution is 0.0777. The summed E-state index contributed by atoms with van der Waals surface area (Å²) in [5, 5.41) is 4.13. The van der Waals surface area contributed by atoms with E-state index in [1.54, 1.807) is 37.4 Å². The van der Waals surface area contributed by atoms with E-state index in [2.05, 4.69) is 21.0 Å². The van der Waals surface area contributed by atoms with Crippen molar-refractivity contribution in [1.29, 1.82) is 0 Å². The quantitative estimate of drug-likeness (QED) is 0.652. The van der Waals surface area contributed by atoms with Crippen LogP contribution in [0.1, 0.15) is 16.1 Å². The van der Waals surface area contributed by atoms with Crippen LogP contribution < -0.4 is 0 Å². The van der Waals surface area contributed by atoms with E-state index in [1.165, 1.54) is 34.0 Å². The number of hydrogen-bond donors (Lipinski definition) is 0. The van der Waals surface area contributed by atoms with E-state index in [0.717, 1.165) is 4.47 Å². The van der Waals surface area contributed by atoms with Crippen LogP contribution in [-0.2, 0) is 6.54 Å². The highest BCUT2D eigenvalue weighted by Crippen LogP contribution is 2.18. The topological polar surface area (TPSA) is 38.1 Å². The molecule has 0 aliphatic heterocycles. The molecule has 0 unspecified atom stereocenters. The lowest BCUT2D eigenvalue weighted by Crippen LogP contribution is -2.27.